The van der Waals surface area contributed by atoms with E-state index in [0.717, 1.165) is 31.4 Å². The van der Waals surface area contributed by atoms with E-state index in [1.54, 1.807) is 26.9 Å². The van der Waals surface area contributed by atoms with Crippen LogP contribution < -0.4 is 4.90 Å². The van der Waals surface area contributed by atoms with E-state index in [1.807, 2.05) is 51.1 Å². The number of para-hydroxylation sites is 1. The minimum absolute atomic E-state index is 0.0617. The molecule has 8 atom stereocenters. The zero-order valence-electron chi connectivity index (χ0n) is 26.7. The Bertz CT molecular complexity index is 1190. The van der Waals surface area contributed by atoms with E-state index < -0.39 is 35.1 Å². The third-order valence-corrected chi connectivity index (χ3v) is 10.4. The van der Waals surface area contributed by atoms with Gasteiger partial charge in [0, 0.05) is 25.3 Å². The molecule has 1 aromatic rings. The first-order chi connectivity index (χ1) is 20.6. The summed E-state index contributed by atoms with van der Waals surface area (Å²) in [5, 5.41) is 10.7. The Morgan fingerprint density at radius 1 is 1.14 bits per heavy atom. The van der Waals surface area contributed by atoms with Gasteiger partial charge >= 0.3 is 0 Å². The van der Waals surface area contributed by atoms with Gasteiger partial charge in [0.2, 0.25) is 17.7 Å². The first-order valence-corrected chi connectivity index (χ1v) is 16.1. The molecule has 3 fully saturated rings. The van der Waals surface area contributed by atoms with E-state index in [-0.39, 0.29) is 42.7 Å². The molecule has 43 heavy (non-hydrogen) atoms. The molecule has 8 heteroatoms. The predicted molar refractivity (Wildman–Crippen MR) is 169 cm³/mol. The minimum atomic E-state index is -1.18. The second-order valence-electron chi connectivity index (χ2n) is 12.9. The van der Waals surface area contributed by atoms with Crippen LogP contribution in [-0.4, -0.2) is 82.2 Å². The van der Waals surface area contributed by atoms with Crippen LogP contribution in [0.25, 0.3) is 0 Å². The molecule has 1 N–H and O–H groups in total. The number of unbranched alkanes of at least 4 members (excludes halogenated alkanes) is 2. The number of carbonyl (C=O) groups is 3. The van der Waals surface area contributed by atoms with Crippen LogP contribution in [0.5, 0.6) is 0 Å². The Balaban J connectivity index is 1.86. The zero-order valence-corrected chi connectivity index (χ0v) is 26.7. The number of hydrogen-bond donors (Lipinski definition) is 1. The maximum absolute atomic E-state index is 14.8. The Morgan fingerprint density at radius 2 is 1.81 bits per heavy atom. The normalized spacial score (nSPS) is 30.6. The lowest BCUT2D eigenvalue weighted by atomic mass is 9.62. The third kappa shape index (κ3) is 5.46. The number of rotatable bonds is 15. The second kappa shape index (κ2) is 13.3. The fourth-order valence-electron chi connectivity index (χ4n) is 7.90. The number of aliphatic hydroxyl groups excluding tert-OH is 1. The van der Waals surface area contributed by atoms with Crippen LogP contribution in [-0.2, 0) is 19.1 Å². The summed E-state index contributed by atoms with van der Waals surface area (Å²) in [7, 11) is 0. The number of benzene rings is 1. The average molecular weight is 594 g/mol. The molecule has 3 aliphatic heterocycles. The summed E-state index contributed by atoms with van der Waals surface area (Å²) in [6, 6.07) is 7.89. The summed E-state index contributed by atoms with van der Waals surface area (Å²) in [5.41, 5.74) is -1.40. The van der Waals surface area contributed by atoms with Gasteiger partial charge in [-0.25, -0.2) is 0 Å². The molecule has 3 saturated heterocycles. The third-order valence-electron chi connectivity index (χ3n) is 10.4. The summed E-state index contributed by atoms with van der Waals surface area (Å²) < 4.78 is 6.99. The van der Waals surface area contributed by atoms with Crippen molar-refractivity contribution in [2.24, 2.45) is 23.7 Å². The first kappa shape index (κ1) is 32.9. The summed E-state index contributed by atoms with van der Waals surface area (Å²) in [6.45, 7) is 18.8. The molecule has 1 spiro atoms. The Hall–Kier alpha value is -2.97. The summed E-state index contributed by atoms with van der Waals surface area (Å²) in [6.07, 6.45) is 7.44. The van der Waals surface area contributed by atoms with Gasteiger partial charge < -0.3 is 24.5 Å². The number of hydrogen-bond acceptors (Lipinski definition) is 5. The Morgan fingerprint density at radius 3 is 2.40 bits per heavy atom. The number of ether oxygens (including phenoxy) is 1. The van der Waals surface area contributed by atoms with Crippen molar-refractivity contribution in [3.8, 4) is 0 Å². The second-order valence-corrected chi connectivity index (χ2v) is 12.9. The molecule has 236 valence electrons. The highest BCUT2D eigenvalue weighted by atomic mass is 16.5. The molecule has 4 rings (SSSR count). The van der Waals surface area contributed by atoms with E-state index >= 15 is 0 Å². The fourth-order valence-corrected chi connectivity index (χ4v) is 7.90. The number of aliphatic hydroxyl groups is 1. The van der Waals surface area contributed by atoms with Crippen LogP contribution in [0.1, 0.15) is 66.7 Å². The smallest absolute Gasteiger partial charge is 0.248 e. The molecule has 1 aromatic carbocycles. The van der Waals surface area contributed by atoms with Crippen LogP contribution in [0, 0.1) is 23.7 Å². The van der Waals surface area contributed by atoms with Crippen LogP contribution in [0.2, 0.25) is 0 Å². The van der Waals surface area contributed by atoms with Crippen molar-refractivity contribution < 1.29 is 24.2 Å². The van der Waals surface area contributed by atoms with Gasteiger partial charge in [0.25, 0.3) is 0 Å². The fraction of sp³-hybridized carbons (Fsp3) is 0.629. The molecule has 8 nitrogen and oxygen atoms in total. The molecule has 3 amide bonds. The van der Waals surface area contributed by atoms with E-state index in [2.05, 4.69) is 27.0 Å². The number of anilines is 1. The maximum atomic E-state index is 14.8. The standard InChI is InChI=1S/C35H51N3O5/c1-8-12-16-21-36(19-9-2)33(42)30-35-22-25(6)34(7,43-35)28(29(35)32(41)38(30)27(23-39)24(5)11-4)31(40)37(20-10-3)26-17-14-13-15-18-26/h9-10,13-15,17-18,24-25,27-30,39H,2-3,8,11-12,16,19-23H2,1,4-7H3/t24-,25?,27-,28-,29-,30?,34+,35?/m0/s1. The number of amides is 3. The molecular weight excluding hydrogens is 542 g/mol. The lowest BCUT2D eigenvalue weighted by molar-refractivity contribution is -0.156. The van der Waals surface area contributed by atoms with Crippen molar-refractivity contribution in [2.45, 2.75) is 90.0 Å². The molecule has 0 aliphatic carbocycles. The van der Waals surface area contributed by atoms with Crippen molar-refractivity contribution in [1.82, 2.24) is 9.80 Å². The van der Waals surface area contributed by atoms with Crippen LogP contribution in [0.3, 0.4) is 0 Å². The van der Waals surface area contributed by atoms with Crippen LogP contribution >= 0.6 is 0 Å². The Kier molecular flexibility index (Phi) is 10.2. The number of fused-ring (bicyclic) bond motifs is 1. The maximum Gasteiger partial charge on any atom is 0.248 e. The molecule has 0 aromatic heterocycles. The summed E-state index contributed by atoms with van der Waals surface area (Å²) in [5.74, 6) is -2.45. The number of carbonyl (C=O) groups excluding carboxylic acids is 3. The van der Waals surface area contributed by atoms with Crippen molar-refractivity contribution in [2.75, 3.05) is 31.1 Å². The quantitative estimate of drug-likeness (QED) is 0.233. The van der Waals surface area contributed by atoms with Crippen LogP contribution in [0.4, 0.5) is 5.69 Å². The van der Waals surface area contributed by atoms with Gasteiger partial charge in [-0.1, -0.05) is 77.3 Å². The SMILES string of the molecule is C=CCN(CCCCC)C(=O)C1N([C@@H](CO)[C@@H](C)CC)C(=O)[C@@H]2[C@@H](C(=O)N(CC=C)c3ccccc3)[C@]3(C)OC12CC3C. The van der Waals surface area contributed by atoms with Gasteiger partial charge in [0.15, 0.2) is 0 Å². The largest absolute Gasteiger partial charge is 0.394 e. The molecule has 3 heterocycles. The number of nitrogens with zero attached hydrogens (tertiary/aromatic N) is 3. The van der Waals surface area contributed by atoms with E-state index in [0.29, 0.717) is 19.5 Å². The summed E-state index contributed by atoms with van der Waals surface area (Å²) in [4.78, 5) is 49.2. The van der Waals surface area contributed by atoms with Gasteiger partial charge in [-0.05, 0) is 43.7 Å². The first-order valence-electron chi connectivity index (χ1n) is 16.1. The van der Waals surface area contributed by atoms with Crippen molar-refractivity contribution in [3.63, 3.8) is 0 Å². The predicted octanol–water partition coefficient (Wildman–Crippen LogP) is 4.83. The highest BCUT2D eigenvalue weighted by Gasteiger charge is 2.80. The molecule has 2 bridgehead atoms. The zero-order chi connectivity index (χ0) is 31.5. The molecular formula is C35H51N3O5. The van der Waals surface area contributed by atoms with Gasteiger partial charge in [-0.15, -0.1) is 13.2 Å². The highest BCUT2D eigenvalue weighted by Crippen LogP contribution is 2.66. The van der Waals surface area contributed by atoms with Gasteiger partial charge in [-0.3, -0.25) is 14.4 Å². The van der Waals surface area contributed by atoms with Gasteiger partial charge in [0.1, 0.15) is 11.6 Å². The summed E-state index contributed by atoms with van der Waals surface area (Å²) >= 11 is 0. The highest BCUT2D eigenvalue weighted by molar-refractivity contribution is 6.03. The molecule has 0 saturated carbocycles. The lowest BCUT2D eigenvalue weighted by Gasteiger charge is -2.41. The van der Waals surface area contributed by atoms with Crippen molar-refractivity contribution in [1.29, 1.82) is 0 Å². The molecule has 0 radical (unpaired) electrons. The Labute approximate surface area is 257 Å². The average Bonchev–Trinajstić information content (AvgIpc) is 3.52. The molecule has 3 aliphatic rings. The van der Waals surface area contributed by atoms with E-state index in [9.17, 15) is 19.5 Å². The molecule has 3 unspecified atom stereocenters. The van der Waals surface area contributed by atoms with Gasteiger partial charge in [-0.2, -0.15) is 0 Å². The minimum Gasteiger partial charge on any atom is -0.394 e. The topological polar surface area (TPSA) is 90.4 Å². The van der Waals surface area contributed by atoms with Gasteiger partial charge in [0.05, 0.1) is 30.1 Å². The monoisotopic (exact) mass is 593 g/mol. The lowest BCUT2D eigenvalue weighted by Crippen LogP contribution is -2.60. The van der Waals surface area contributed by atoms with Crippen molar-refractivity contribution in [3.05, 3.63) is 55.6 Å². The number of likely N-dealkylation sites (tertiary alicyclic amines) is 1. The van der Waals surface area contributed by atoms with Crippen molar-refractivity contribution >= 4 is 23.4 Å². The van der Waals surface area contributed by atoms with E-state index in [4.69, 9.17) is 4.74 Å². The van der Waals surface area contributed by atoms with E-state index in [1.165, 1.54) is 0 Å². The van der Waals surface area contributed by atoms with Crippen LogP contribution in [0.15, 0.2) is 55.6 Å².